The third-order valence-electron chi connectivity index (χ3n) is 4.73. The van der Waals surface area contributed by atoms with Crippen LogP contribution in [0.1, 0.15) is 26.3 Å². The molecule has 3 aromatic rings. The average Bonchev–Trinajstić information content (AvgIpc) is 2.81. The molecule has 0 atom stereocenters. The number of aromatic nitrogens is 1. The lowest BCUT2D eigenvalue weighted by Crippen LogP contribution is -2.23. The van der Waals surface area contributed by atoms with Gasteiger partial charge in [-0.25, -0.2) is 4.98 Å². The van der Waals surface area contributed by atoms with Crippen molar-refractivity contribution < 1.29 is 27.5 Å². The number of nitrogens with zero attached hydrogens (tertiary/aromatic N) is 3. The second-order valence-electron chi connectivity index (χ2n) is 7.54. The van der Waals surface area contributed by atoms with Crippen molar-refractivity contribution in [3.8, 4) is 5.75 Å². The van der Waals surface area contributed by atoms with Crippen molar-refractivity contribution in [1.82, 2.24) is 9.88 Å². The number of rotatable bonds is 6. The molecule has 0 aliphatic heterocycles. The topological polar surface area (TPSA) is 95.9 Å². The molecule has 0 saturated heterocycles. The number of carbonyl (C=O) groups excluding carboxylic acids is 2. The number of amidine groups is 1. The van der Waals surface area contributed by atoms with Crippen LogP contribution in [0, 0.1) is 0 Å². The molecule has 36 heavy (non-hydrogen) atoms. The first-order valence-electron chi connectivity index (χ1n) is 10.4. The van der Waals surface area contributed by atoms with E-state index in [2.05, 4.69) is 25.3 Å². The third kappa shape index (κ3) is 6.95. The maximum absolute atomic E-state index is 12.9. The van der Waals surface area contributed by atoms with Gasteiger partial charge in [0, 0.05) is 38.5 Å². The van der Waals surface area contributed by atoms with Gasteiger partial charge >= 0.3 is 6.36 Å². The van der Waals surface area contributed by atoms with E-state index in [9.17, 15) is 22.8 Å². The molecule has 0 saturated carbocycles. The lowest BCUT2D eigenvalue weighted by Gasteiger charge is -2.16. The van der Waals surface area contributed by atoms with Gasteiger partial charge in [0.05, 0.1) is 16.3 Å². The fraction of sp³-hybridized carbons (Fsp3) is 0.167. The maximum atomic E-state index is 12.9. The van der Waals surface area contributed by atoms with E-state index < -0.39 is 23.9 Å². The van der Waals surface area contributed by atoms with Gasteiger partial charge in [-0.2, -0.15) is 0 Å². The molecule has 0 unspecified atom stereocenters. The number of carbonyl (C=O) groups is 2. The highest BCUT2D eigenvalue weighted by Crippen LogP contribution is 2.28. The van der Waals surface area contributed by atoms with Gasteiger partial charge in [-0.3, -0.25) is 14.6 Å². The highest BCUT2D eigenvalue weighted by molar-refractivity contribution is 6.30. The molecule has 0 aliphatic rings. The molecule has 188 valence electrons. The Labute approximate surface area is 209 Å². The summed E-state index contributed by atoms with van der Waals surface area (Å²) in [4.78, 5) is 35.7. The number of pyridine rings is 1. The highest BCUT2D eigenvalue weighted by atomic mass is 35.5. The molecule has 0 aliphatic carbocycles. The Morgan fingerprint density at radius 1 is 0.972 bits per heavy atom. The van der Waals surface area contributed by atoms with Gasteiger partial charge in [-0.1, -0.05) is 23.7 Å². The average molecular weight is 520 g/mol. The first-order chi connectivity index (χ1) is 17.0. The van der Waals surface area contributed by atoms with Gasteiger partial charge in [0.2, 0.25) is 0 Å². The summed E-state index contributed by atoms with van der Waals surface area (Å²) in [6, 6.07) is 12.4. The summed E-state index contributed by atoms with van der Waals surface area (Å²) in [5.41, 5.74) is 0.734. The summed E-state index contributed by atoms with van der Waals surface area (Å²) >= 11 is 5.78. The van der Waals surface area contributed by atoms with E-state index in [0.29, 0.717) is 10.9 Å². The van der Waals surface area contributed by atoms with E-state index in [0.717, 1.165) is 23.8 Å². The lowest BCUT2D eigenvalue weighted by atomic mass is 10.1. The van der Waals surface area contributed by atoms with Crippen LogP contribution < -0.4 is 15.4 Å². The second-order valence-corrected chi connectivity index (χ2v) is 7.98. The number of anilines is 2. The maximum Gasteiger partial charge on any atom is 0.573 e. The number of aliphatic imine (C=N–C) groups is 1. The van der Waals surface area contributed by atoms with E-state index in [1.165, 1.54) is 18.3 Å². The molecule has 1 aromatic heterocycles. The number of nitrogens with one attached hydrogen (secondary N) is 2. The number of hydrogen-bond donors (Lipinski definition) is 2. The fourth-order valence-corrected chi connectivity index (χ4v) is 3.31. The Morgan fingerprint density at radius 3 is 2.19 bits per heavy atom. The van der Waals surface area contributed by atoms with Crippen molar-refractivity contribution in [2.45, 2.75) is 6.36 Å². The number of amides is 2. The minimum absolute atomic E-state index is 0.0332. The van der Waals surface area contributed by atoms with Crippen LogP contribution >= 0.6 is 11.6 Å². The molecule has 3 rings (SSSR count). The van der Waals surface area contributed by atoms with Crippen molar-refractivity contribution >= 4 is 40.8 Å². The normalized spacial score (nSPS) is 11.6. The third-order valence-corrected chi connectivity index (χ3v) is 4.95. The highest BCUT2D eigenvalue weighted by Gasteiger charge is 2.31. The Bertz CT molecular complexity index is 1280. The van der Waals surface area contributed by atoms with Crippen LogP contribution in [0.15, 0.2) is 65.8 Å². The van der Waals surface area contributed by atoms with Crippen molar-refractivity contribution in [2.75, 3.05) is 31.8 Å². The second kappa shape index (κ2) is 11.1. The smallest absolute Gasteiger partial charge is 0.406 e. The monoisotopic (exact) mass is 519 g/mol. The van der Waals surface area contributed by atoms with E-state index in [-0.39, 0.29) is 22.6 Å². The molecule has 2 N–H and O–H groups in total. The largest absolute Gasteiger partial charge is 0.573 e. The van der Waals surface area contributed by atoms with E-state index >= 15 is 0 Å². The summed E-state index contributed by atoms with van der Waals surface area (Å²) in [5, 5.41) is 5.34. The van der Waals surface area contributed by atoms with Gasteiger partial charge in [0.1, 0.15) is 17.4 Å². The van der Waals surface area contributed by atoms with Gasteiger partial charge in [-0.15, -0.1) is 13.2 Å². The molecule has 0 radical (unpaired) electrons. The van der Waals surface area contributed by atoms with Crippen LogP contribution in [0.25, 0.3) is 0 Å². The zero-order valence-corrected chi connectivity index (χ0v) is 20.1. The van der Waals surface area contributed by atoms with Crippen molar-refractivity contribution in [2.24, 2.45) is 4.99 Å². The predicted molar refractivity (Wildman–Crippen MR) is 131 cm³/mol. The number of hydrogen-bond acceptors (Lipinski definition) is 5. The van der Waals surface area contributed by atoms with Crippen LogP contribution in [0.2, 0.25) is 5.02 Å². The summed E-state index contributed by atoms with van der Waals surface area (Å²) in [6.45, 7) is 0. The zero-order valence-electron chi connectivity index (χ0n) is 19.4. The van der Waals surface area contributed by atoms with Gasteiger partial charge in [0.15, 0.2) is 0 Å². The molecular weight excluding hydrogens is 499 g/mol. The van der Waals surface area contributed by atoms with Crippen molar-refractivity contribution in [3.63, 3.8) is 0 Å². The Hall–Kier alpha value is -4.12. The Kier molecular flexibility index (Phi) is 8.15. The van der Waals surface area contributed by atoms with Crippen molar-refractivity contribution in [1.29, 1.82) is 0 Å². The van der Waals surface area contributed by atoms with Gasteiger partial charge < -0.3 is 20.3 Å². The van der Waals surface area contributed by atoms with Crippen LogP contribution in [0.4, 0.5) is 24.7 Å². The minimum atomic E-state index is -4.97. The summed E-state index contributed by atoms with van der Waals surface area (Å²) in [7, 11) is 5.32. The minimum Gasteiger partial charge on any atom is -0.406 e. The molecule has 0 fully saturated rings. The molecule has 0 bridgehead atoms. The summed E-state index contributed by atoms with van der Waals surface area (Å²) < 4.78 is 42.1. The van der Waals surface area contributed by atoms with Gasteiger partial charge in [-0.05, 0) is 42.5 Å². The molecule has 1 heterocycles. The molecule has 2 amide bonds. The van der Waals surface area contributed by atoms with Crippen LogP contribution in [-0.2, 0) is 0 Å². The van der Waals surface area contributed by atoms with Crippen LogP contribution in [0.5, 0.6) is 5.75 Å². The van der Waals surface area contributed by atoms with Crippen LogP contribution in [0.3, 0.4) is 0 Å². The number of alkyl halides is 3. The first-order valence-corrected chi connectivity index (χ1v) is 10.7. The number of halogens is 4. The number of ether oxygens (including phenoxy) is 1. The SMILES string of the molecule is C/N=C(\c1ccc(C(=O)Nc2ccc(OC(F)(F)F)cc2C(=O)Nc2ccc(Cl)cn2)cc1)N(C)C. The zero-order chi connectivity index (χ0) is 26.5. The molecule has 8 nitrogen and oxygen atoms in total. The van der Waals surface area contributed by atoms with Crippen LogP contribution in [-0.4, -0.2) is 55.0 Å². The lowest BCUT2D eigenvalue weighted by molar-refractivity contribution is -0.274. The van der Waals surface area contributed by atoms with E-state index in [1.54, 1.807) is 31.3 Å². The summed E-state index contributed by atoms with van der Waals surface area (Å²) in [6.07, 6.45) is -3.68. The standard InChI is InChI=1S/C24H21ClF3N5O3/c1-29-21(33(2)3)14-4-6-15(7-5-14)22(34)31-19-10-9-17(36-24(26,27)28)12-18(19)23(35)32-20-11-8-16(25)13-30-20/h4-13H,1-3H3,(H,31,34)(H,30,32,35)/b29-21+. The Morgan fingerprint density at radius 2 is 1.64 bits per heavy atom. The number of benzene rings is 2. The molecule has 2 aromatic carbocycles. The Balaban J connectivity index is 1.88. The summed E-state index contributed by atoms with van der Waals surface area (Å²) in [5.74, 6) is -1.22. The molecule has 0 spiro atoms. The first kappa shape index (κ1) is 26.5. The van der Waals surface area contributed by atoms with Crippen molar-refractivity contribution in [3.05, 3.63) is 82.5 Å². The van der Waals surface area contributed by atoms with E-state index in [1.807, 2.05) is 19.0 Å². The predicted octanol–water partition coefficient (Wildman–Crippen LogP) is 5.08. The van der Waals surface area contributed by atoms with Gasteiger partial charge in [0.25, 0.3) is 11.8 Å². The fourth-order valence-electron chi connectivity index (χ4n) is 3.20. The quantitative estimate of drug-likeness (QED) is 0.350. The molecule has 12 heteroatoms. The molecular formula is C24H21ClF3N5O3. The van der Waals surface area contributed by atoms with E-state index in [4.69, 9.17) is 11.6 Å².